The second kappa shape index (κ2) is 10.2. The largest absolute Gasteiger partial charge is 0.750 e. The Bertz CT molecular complexity index is 306. The molecule has 1 rings (SSSR count). The number of benzene rings is 1. The lowest BCUT2D eigenvalue weighted by Gasteiger charge is -2.05. The molecule has 7 heteroatoms. The van der Waals surface area contributed by atoms with E-state index in [0.29, 0.717) is 0 Å². The van der Waals surface area contributed by atoms with Crippen LogP contribution in [0.5, 0.6) is 0 Å². The van der Waals surface area contributed by atoms with Crippen molar-refractivity contribution in [1.82, 2.24) is 0 Å². The maximum Gasteiger partial charge on any atom is 0.379 e. The van der Waals surface area contributed by atoms with E-state index in [1.807, 2.05) is 30.3 Å². The summed E-state index contributed by atoms with van der Waals surface area (Å²) >= 11 is -2.37. The first-order chi connectivity index (χ1) is 8.02. The van der Waals surface area contributed by atoms with Gasteiger partial charge in [-0.2, -0.15) is 13.2 Å². The molecule has 0 saturated heterocycles. The molecule has 0 aliphatic heterocycles. The molecule has 1 aromatic rings. The van der Waals surface area contributed by atoms with Crippen LogP contribution in [0.15, 0.2) is 30.3 Å². The Balaban J connectivity index is 0.000000557. The molecule has 0 fully saturated rings. The molecule has 0 heterocycles. The van der Waals surface area contributed by atoms with Crippen molar-refractivity contribution in [3.63, 3.8) is 0 Å². The lowest BCUT2D eigenvalue weighted by Crippen LogP contribution is -1.99. The summed E-state index contributed by atoms with van der Waals surface area (Å²) in [5, 5.41) is 0. The van der Waals surface area contributed by atoms with Crippen molar-refractivity contribution in [2.45, 2.75) is 19.5 Å². The highest BCUT2D eigenvalue weighted by Gasteiger charge is 1.91. The van der Waals surface area contributed by atoms with Gasteiger partial charge in [0.25, 0.3) is 0 Å². The normalized spacial score (nSPS) is 11.8. The topological polar surface area (TPSA) is 49.4 Å². The van der Waals surface area contributed by atoms with Crippen molar-refractivity contribution in [3.05, 3.63) is 35.9 Å². The maximum absolute atomic E-state index is 9.99. The predicted octanol–water partition coefficient (Wildman–Crippen LogP) is 2.61. The van der Waals surface area contributed by atoms with Crippen molar-refractivity contribution in [2.75, 3.05) is 6.61 Å². The smallest absolute Gasteiger partial charge is 0.379 e. The lowest BCUT2D eigenvalue weighted by atomic mass is 10.1. The van der Waals surface area contributed by atoms with Crippen LogP contribution in [-0.4, -0.2) is 22.0 Å². The third-order valence-corrected chi connectivity index (χ3v) is 1.99. The van der Waals surface area contributed by atoms with Gasteiger partial charge >= 0.3 is 6.68 Å². The molecule has 98 valence electrons. The molecule has 0 N–H and O–H groups in total. The fraction of sp³-hybridized carbons (Fsp3) is 0.400. The summed E-state index contributed by atoms with van der Waals surface area (Å²) in [5.74, 6) is 0. The minimum atomic E-state index is -3.67. The Hall–Kier alpha value is -0.920. The molecular weight excluding hydrogens is 257 g/mol. The minimum absolute atomic E-state index is 0.255. The van der Waals surface area contributed by atoms with Crippen LogP contribution >= 0.6 is 0 Å². The highest BCUT2D eigenvalue weighted by Crippen LogP contribution is 2.02. The van der Waals surface area contributed by atoms with Gasteiger partial charge in [0.2, 0.25) is 0 Å². The summed E-state index contributed by atoms with van der Waals surface area (Å²) in [6, 6.07) is 9.89. The zero-order valence-electron chi connectivity index (χ0n) is 8.85. The predicted molar refractivity (Wildman–Crippen MR) is 56.7 cm³/mol. The molecule has 1 unspecified atom stereocenters. The Kier molecular flexibility index (Phi) is 9.69. The molecule has 0 bridgehead atoms. The summed E-state index contributed by atoms with van der Waals surface area (Å²) in [6.45, 7) is -3.41. The first kappa shape index (κ1) is 16.1. The van der Waals surface area contributed by atoms with Gasteiger partial charge in [-0.05, 0) is 18.4 Å². The highest BCUT2D eigenvalue weighted by atomic mass is 32.2. The van der Waals surface area contributed by atoms with Crippen LogP contribution in [0.3, 0.4) is 0 Å². The summed E-state index contributed by atoms with van der Waals surface area (Å²) in [4.78, 5) is 0. The van der Waals surface area contributed by atoms with Gasteiger partial charge in [-0.25, -0.2) is 4.21 Å². The molecule has 17 heavy (non-hydrogen) atoms. The second-order valence-corrected chi connectivity index (χ2v) is 3.51. The third kappa shape index (κ3) is 13.0. The zero-order chi connectivity index (χ0) is 13.1. The van der Waals surface area contributed by atoms with Crippen LogP contribution in [0.25, 0.3) is 0 Å². The van der Waals surface area contributed by atoms with E-state index in [9.17, 15) is 21.9 Å². The molecule has 3 nitrogen and oxygen atoms in total. The molecule has 1 aromatic carbocycles. The lowest BCUT2D eigenvalue weighted by molar-refractivity contribution is 0.00819. The van der Waals surface area contributed by atoms with E-state index < -0.39 is 18.0 Å². The fourth-order valence-electron chi connectivity index (χ4n) is 1.05. The quantitative estimate of drug-likeness (QED) is 0.610. The number of aryl methyl sites for hydroxylation is 1. The third-order valence-electron chi connectivity index (χ3n) is 1.63. The summed E-state index contributed by atoms with van der Waals surface area (Å²) in [7, 11) is 0. The van der Waals surface area contributed by atoms with Gasteiger partial charge in [-0.3, -0.25) is 0 Å². The summed E-state index contributed by atoms with van der Waals surface area (Å²) in [5.41, 5.74) is 1.20. The molecule has 0 amide bonds. The standard InChI is InChI=1S/C9H12O3S.CHF3/c10-13(11)12-8-4-7-9-5-2-1-3-6-9;2-1(3)4/h1-3,5-6H,4,7-8H2,(H,10,11);1H/p-1. The number of halogens is 3. The van der Waals surface area contributed by atoms with Crippen LogP contribution in [0, 0.1) is 0 Å². The van der Waals surface area contributed by atoms with Crippen LogP contribution in [0.1, 0.15) is 12.0 Å². The molecule has 0 aliphatic carbocycles. The van der Waals surface area contributed by atoms with Crippen molar-refractivity contribution in [2.24, 2.45) is 0 Å². The van der Waals surface area contributed by atoms with Crippen LogP contribution in [0.2, 0.25) is 0 Å². The monoisotopic (exact) mass is 269 g/mol. The van der Waals surface area contributed by atoms with Gasteiger partial charge in [-0.15, -0.1) is 0 Å². The van der Waals surface area contributed by atoms with E-state index in [-0.39, 0.29) is 6.61 Å². The number of alkyl halides is 3. The Labute approximate surface area is 100 Å². The number of rotatable bonds is 5. The molecule has 0 spiro atoms. The average molecular weight is 269 g/mol. The van der Waals surface area contributed by atoms with E-state index >= 15 is 0 Å². The van der Waals surface area contributed by atoms with Gasteiger partial charge in [0, 0.05) is 0 Å². The first-order valence-electron chi connectivity index (χ1n) is 4.71. The van der Waals surface area contributed by atoms with E-state index in [0.717, 1.165) is 12.8 Å². The summed E-state index contributed by atoms with van der Waals surface area (Å²) in [6.07, 6.45) is 1.57. The molecule has 1 atom stereocenters. The van der Waals surface area contributed by atoms with Crippen molar-refractivity contribution >= 4 is 11.4 Å². The van der Waals surface area contributed by atoms with Crippen molar-refractivity contribution < 1.29 is 26.1 Å². The van der Waals surface area contributed by atoms with Crippen molar-refractivity contribution in [1.29, 1.82) is 0 Å². The van der Waals surface area contributed by atoms with E-state index in [1.54, 1.807) is 0 Å². The minimum Gasteiger partial charge on any atom is -0.750 e. The Morgan fingerprint density at radius 1 is 1.24 bits per heavy atom. The van der Waals surface area contributed by atoms with E-state index in [2.05, 4.69) is 4.18 Å². The van der Waals surface area contributed by atoms with Gasteiger partial charge in [0.1, 0.15) is 0 Å². The molecular formula is C10H12F3O3S-. The van der Waals surface area contributed by atoms with Crippen molar-refractivity contribution in [3.8, 4) is 0 Å². The Morgan fingerprint density at radius 3 is 2.24 bits per heavy atom. The Morgan fingerprint density at radius 2 is 1.76 bits per heavy atom. The fourth-order valence-corrected chi connectivity index (χ4v) is 1.30. The van der Waals surface area contributed by atoms with Crippen LogP contribution < -0.4 is 0 Å². The van der Waals surface area contributed by atoms with Gasteiger partial charge in [0.05, 0.1) is 18.0 Å². The van der Waals surface area contributed by atoms with Gasteiger partial charge in [-0.1, -0.05) is 30.3 Å². The van der Waals surface area contributed by atoms with E-state index in [4.69, 9.17) is 0 Å². The van der Waals surface area contributed by atoms with Gasteiger partial charge in [0.15, 0.2) is 0 Å². The zero-order valence-corrected chi connectivity index (χ0v) is 9.67. The van der Waals surface area contributed by atoms with E-state index in [1.165, 1.54) is 5.56 Å². The maximum atomic E-state index is 9.99. The second-order valence-electron chi connectivity index (χ2n) is 2.86. The highest BCUT2D eigenvalue weighted by molar-refractivity contribution is 7.74. The van der Waals surface area contributed by atoms with Crippen LogP contribution in [-0.2, 0) is 22.0 Å². The molecule has 0 saturated carbocycles. The summed E-state index contributed by atoms with van der Waals surface area (Å²) < 4.78 is 53.4. The molecule has 0 aromatic heterocycles. The SMILES string of the molecule is FC(F)F.O=S([O-])OCCCc1ccccc1. The first-order valence-corrected chi connectivity index (χ1v) is 5.71. The number of hydrogen-bond acceptors (Lipinski definition) is 3. The van der Waals surface area contributed by atoms with Gasteiger partial charge < -0.3 is 8.74 Å². The molecule has 0 aliphatic rings. The molecule has 0 radical (unpaired) electrons. The average Bonchev–Trinajstić information content (AvgIpc) is 2.25. The number of hydrogen-bond donors (Lipinski definition) is 0. The van der Waals surface area contributed by atoms with Crippen LogP contribution in [0.4, 0.5) is 13.2 Å².